The lowest BCUT2D eigenvalue weighted by atomic mass is 10.1. The summed E-state index contributed by atoms with van der Waals surface area (Å²) in [7, 11) is 0. The van der Waals surface area contributed by atoms with Crippen LogP contribution in [0.4, 0.5) is 16.0 Å². The number of nitrogens with one attached hydrogen (secondary N) is 2. The Morgan fingerprint density at radius 3 is 2.20 bits per heavy atom. The Morgan fingerprint density at radius 2 is 1.60 bits per heavy atom. The van der Waals surface area contributed by atoms with Gasteiger partial charge in [-0.1, -0.05) is 12.1 Å². The van der Waals surface area contributed by atoms with E-state index in [-0.39, 0.29) is 5.82 Å². The molecule has 0 spiro atoms. The van der Waals surface area contributed by atoms with Crippen LogP contribution in [0.5, 0.6) is 0 Å². The molecule has 0 unspecified atom stereocenters. The second-order valence-electron chi connectivity index (χ2n) is 4.72. The van der Waals surface area contributed by atoms with Gasteiger partial charge in [-0.15, -0.1) is 0 Å². The van der Waals surface area contributed by atoms with Crippen molar-refractivity contribution in [3.63, 3.8) is 0 Å². The van der Waals surface area contributed by atoms with Gasteiger partial charge in [0.15, 0.2) is 0 Å². The van der Waals surface area contributed by atoms with Gasteiger partial charge in [-0.05, 0) is 37.5 Å². The molecule has 0 bridgehead atoms. The third kappa shape index (κ3) is 3.44. The van der Waals surface area contributed by atoms with Crippen molar-refractivity contribution in [2.75, 3.05) is 17.2 Å². The van der Waals surface area contributed by atoms with E-state index in [9.17, 15) is 4.39 Å². The molecule has 0 aliphatic carbocycles. The van der Waals surface area contributed by atoms with Crippen molar-refractivity contribution in [3.8, 4) is 0 Å². The lowest BCUT2D eigenvalue weighted by Crippen LogP contribution is -2.05. The van der Waals surface area contributed by atoms with Crippen LogP contribution in [0.3, 0.4) is 0 Å². The van der Waals surface area contributed by atoms with Gasteiger partial charge in [0.25, 0.3) is 0 Å². The van der Waals surface area contributed by atoms with Crippen molar-refractivity contribution in [3.05, 3.63) is 47.0 Å². The summed E-state index contributed by atoms with van der Waals surface area (Å²) in [6.45, 7) is 6.98. The summed E-state index contributed by atoms with van der Waals surface area (Å²) in [5.74, 6) is 1.40. The van der Waals surface area contributed by atoms with Gasteiger partial charge in [0.05, 0.1) is 0 Å². The Kier molecular flexibility index (Phi) is 4.50. The standard InChI is InChI=1S/C15H19FN4/c1-4-17-13-7-14(20-9-19-13)18-8-12-5-10(2)15(16)11(3)6-12/h5-7,9H,4,8H2,1-3H3,(H2,17,18,19,20). The summed E-state index contributed by atoms with van der Waals surface area (Å²) in [5, 5.41) is 6.35. The highest BCUT2D eigenvalue weighted by Crippen LogP contribution is 2.16. The number of aromatic nitrogens is 2. The second-order valence-corrected chi connectivity index (χ2v) is 4.72. The van der Waals surface area contributed by atoms with Gasteiger partial charge >= 0.3 is 0 Å². The van der Waals surface area contributed by atoms with Crippen LogP contribution in [0.15, 0.2) is 24.5 Å². The molecule has 20 heavy (non-hydrogen) atoms. The van der Waals surface area contributed by atoms with Crippen molar-refractivity contribution in [1.29, 1.82) is 0 Å². The maximum absolute atomic E-state index is 13.6. The van der Waals surface area contributed by atoms with E-state index < -0.39 is 0 Å². The highest BCUT2D eigenvalue weighted by molar-refractivity contribution is 5.46. The average Bonchev–Trinajstić information content (AvgIpc) is 2.43. The maximum atomic E-state index is 13.6. The predicted octanol–water partition coefficient (Wildman–Crippen LogP) is 3.28. The summed E-state index contributed by atoms with van der Waals surface area (Å²) >= 11 is 0. The van der Waals surface area contributed by atoms with Gasteiger partial charge in [-0.25, -0.2) is 14.4 Å². The van der Waals surface area contributed by atoms with Crippen LogP contribution in [-0.4, -0.2) is 16.5 Å². The number of benzene rings is 1. The number of aryl methyl sites for hydroxylation is 2. The number of anilines is 2. The average molecular weight is 274 g/mol. The summed E-state index contributed by atoms with van der Waals surface area (Å²) in [6.07, 6.45) is 1.52. The van der Waals surface area contributed by atoms with E-state index in [2.05, 4.69) is 20.6 Å². The second kappa shape index (κ2) is 6.32. The Balaban J connectivity index is 2.07. The number of hydrogen-bond donors (Lipinski definition) is 2. The predicted molar refractivity (Wildman–Crippen MR) is 79.4 cm³/mol. The van der Waals surface area contributed by atoms with Crippen LogP contribution >= 0.6 is 0 Å². The van der Waals surface area contributed by atoms with Crippen LogP contribution in [0.2, 0.25) is 0 Å². The molecule has 5 heteroatoms. The highest BCUT2D eigenvalue weighted by atomic mass is 19.1. The van der Waals surface area contributed by atoms with Gasteiger partial charge in [0.1, 0.15) is 23.8 Å². The summed E-state index contributed by atoms with van der Waals surface area (Å²) in [6, 6.07) is 5.55. The minimum atomic E-state index is -0.134. The van der Waals surface area contributed by atoms with E-state index in [4.69, 9.17) is 0 Å². The van der Waals surface area contributed by atoms with Crippen molar-refractivity contribution < 1.29 is 4.39 Å². The monoisotopic (exact) mass is 274 g/mol. The SMILES string of the molecule is CCNc1cc(NCc2cc(C)c(F)c(C)c2)ncn1. The first-order valence-corrected chi connectivity index (χ1v) is 6.65. The van der Waals surface area contributed by atoms with Crippen LogP contribution in [-0.2, 0) is 6.54 Å². The molecule has 0 saturated heterocycles. The van der Waals surface area contributed by atoms with Gasteiger partial charge in [-0.2, -0.15) is 0 Å². The first-order valence-electron chi connectivity index (χ1n) is 6.65. The van der Waals surface area contributed by atoms with Gasteiger partial charge < -0.3 is 10.6 Å². The largest absolute Gasteiger partial charge is 0.370 e. The quantitative estimate of drug-likeness (QED) is 0.878. The van der Waals surface area contributed by atoms with Gasteiger partial charge in [-0.3, -0.25) is 0 Å². The number of hydrogen-bond acceptors (Lipinski definition) is 4. The third-order valence-electron chi connectivity index (χ3n) is 2.99. The molecule has 0 amide bonds. The highest BCUT2D eigenvalue weighted by Gasteiger charge is 2.04. The lowest BCUT2D eigenvalue weighted by Gasteiger charge is -2.10. The number of nitrogens with zero attached hydrogens (tertiary/aromatic N) is 2. The topological polar surface area (TPSA) is 49.8 Å². The molecule has 0 aliphatic heterocycles. The normalized spacial score (nSPS) is 10.4. The Bertz CT molecular complexity index is 575. The van der Waals surface area contributed by atoms with E-state index in [1.54, 1.807) is 13.8 Å². The molecule has 106 valence electrons. The molecule has 1 heterocycles. The number of rotatable bonds is 5. The van der Waals surface area contributed by atoms with E-state index in [0.29, 0.717) is 17.7 Å². The van der Waals surface area contributed by atoms with Crippen molar-refractivity contribution >= 4 is 11.6 Å². The van der Waals surface area contributed by atoms with Crippen molar-refractivity contribution in [2.24, 2.45) is 0 Å². The van der Waals surface area contributed by atoms with Crippen LogP contribution < -0.4 is 10.6 Å². The van der Waals surface area contributed by atoms with E-state index >= 15 is 0 Å². The first kappa shape index (κ1) is 14.2. The Morgan fingerprint density at radius 1 is 1.00 bits per heavy atom. The molecular formula is C15H19FN4. The summed E-state index contributed by atoms with van der Waals surface area (Å²) in [5.41, 5.74) is 2.36. The molecule has 1 aromatic carbocycles. The Labute approximate surface area is 118 Å². The molecule has 2 rings (SSSR count). The van der Waals surface area contributed by atoms with Crippen LogP contribution in [0, 0.1) is 19.7 Å². The van der Waals surface area contributed by atoms with Crippen molar-refractivity contribution in [1.82, 2.24) is 9.97 Å². The summed E-state index contributed by atoms with van der Waals surface area (Å²) in [4.78, 5) is 8.27. The zero-order chi connectivity index (χ0) is 14.5. The van der Waals surface area contributed by atoms with Crippen LogP contribution in [0.25, 0.3) is 0 Å². The van der Waals surface area contributed by atoms with E-state index in [0.717, 1.165) is 23.7 Å². The molecule has 2 N–H and O–H groups in total. The zero-order valence-corrected chi connectivity index (χ0v) is 12.0. The molecular weight excluding hydrogens is 255 g/mol. The molecule has 2 aromatic rings. The molecule has 0 atom stereocenters. The first-order chi connectivity index (χ1) is 9.60. The molecule has 0 radical (unpaired) electrons. The Hall–Kier alpha value is -2.17. The molecule has 4 nitrogen and oxygen atoms in total. The molecule has 0 aliphatic rings. The smallest absolute Gasteiger partial charge is 0.131 e. The third-order valence-corrected chi connectivity index (χ3v) is 2.99. The van der Waals surface area contributed by atoms with Gasteiger partial charge in [0, 0.05) is 19.2 Å². The number of halogens is 1. The minimum absolute atomic E-state index is 0.134. The molecule has 0 saturated carbocycles. The van der Waals surface area contributed by atoms with Crippen LogP contribution in [0.1, 0.15) is 23.6 Å². The fraction of sp³-hybridized carbons (Fsp3) is 0.333. The van der Waals surface area contributed by atoms with E-state index in [1.165, 1.54) is 6.33 Å². The van der Waals surface area contributed by atoms with Gasteiger partial charge in [0.2, 0.25) is 0 Å². The molecule has 0 fully saturated rings. The fourth-order valence-corrected chi connectivity index (χ4v) is 2.06. The van der Waals surface area contributed by atoms with Crippen molar-refractivity contribution in [2.45, 2.75) is 27.3 Å². The molecule has 1 aromatic heterocycles. The zero-order valence-electron chi connectivity index (χ0n) is 12.0. The fourth-order valence-electron chi connectivity index (χ4n) is 2.06. The lowest BCUT2D eigenvalue weighted by molar-refractivity contribution is 0.608. The maximum Gasteiger partial charge on any atom is 0.131 e. The summed E-state index contributed by atoms with van der Waals surface area (Å²) < 4.78 is 13.6. The minimum Gasteiger partial charge on any atom is -0.370 e. The van der Waals surface area contributed by atoms with E-state index in [1.807, 2.05) is 25.1 Å².